The van der Waals surface area contributed by atoms with E-state index < -0.39 is 6.23 Å². The van der Waals surface area contributed by atoms with Gasteiger partial charge >= 0.3 is 5.97 Å². The number of benzene rings is 3. The molecule has 3 aromatic rings. The van der Waals surface area contributed by atoms with E-state index in [4.69, 9.17) is 10.00 Å². The number of esters is 1. The molecule has 1 N–H and O–H groups in total. The zero-order chi connectivity index (χ0) is 18.6. The number of nitrogens with zero attached hydrogens (tertiary/aromatic N) is 1. The number of thioether (sulfide) groups is 1. The van der Waals surface area contributed by atoms with Gasteiger partial charge in [0.25, 0.3) is 0 Å². The molecule has 0 bridgehead atoms. The van der Waals surface area contributed by atoms with Crippen LogP contribution in [0.3, 0.4) is 0 Å². The Hall–Kier alpha value is -3.23. The smallest absolute Gasteiger partial charge is 0.340 e. The van der Waals surface area contributed by atoms with Gasteiger partial charge in [-0.25, -0.2) is 4.79 Å². The predicted molar refractivity (Wildman–Crippen MR) is 105 cm³/mol. The highest BCUT2D eigenvalue weighted by molar-refractivity contribution is 7.98. The molecule has 4 nitrogen and oxygen atoms in total. The van der Waals surface area contributed by atoms with Crippen molar-refractivity contribution in [1.29, 1.82) is 5.26 Å². The number of hydrogen-bond acceptors (Lipinski definition) is 5. The number of nitrogens with one attached hydrogen (secondary N) is 1. The van der Waals surface area contributed by atoms with Gasteiger partial charge in [-0.2, -0.15) is 5.26 Å². The number of anilines is 1. The Morgan fingerprint density at radius 1 is 1.00 bits per heavy atom. The lowest BCUT2D eigenvalue weighted by Crippen LogP contribution is -2.10. The molecule has 5 heteroatoms. The van der Waals surface area contributed by atoms with Crippen molar-refractivity contribution in [2.75, 3.05) is 5.32 Å². The number of rotatable bonds is 5. The summed E-state index contributed by atoms with van der Waals surface area (Å²) >= 11 is 1.69. The molecule has 0 fully saturated rings. The van der Waals surface area contributed by atoms with Crippen LogP contribution in [0.5, 0.6) is 0 Å². The van der Waals surface area contributed by atoms with Gasteiger partial charge in [0.2, 0.25) is 6.23 Å². The van der Waals surface area contributed by atoms with Crippen molar-refractivity contribution in [2.24, 2.45) is 0 Å². The molecule has 0 aromatic heterocycles. The van der Waals surface area contributed by atoms with Crippen molar-refractivity contribution in [3.05, 3.63) is 95.1 Å². The van der Waals surface area contributed by atoms with Gasteiger partial charge in [-0.15, -0.1) is 11.8 Å². The minimum Gasteiger partial charge on any atom is -0.434 e. The molecule has 0 saturated heterocycles. The SMILES string of the molecule is N#Cc1ccc(CSc2ccccc2N[C@H]2OC(=O)c3ccccc32)cc1. The molecule has 1 aliphatic rings. The topological polar surface area (TPSA) is 62.1 Å². The summed E-state index contributed by atoms with van der Waals surface area (Å²) in [5.74, 6) is 0.483. The second-order valence-corrected chi connectivity index (χ2v) is 7.13. The minimum absolute atomic E-state index is 0.300. The Bertz CT molecular complexity index is 1020. The third-order valence-corrected chi connectivity index (χ3v) is 5.48. The highest BCUT2D eigenvalue weighted by Gasteiger charge is 2.30. The molecule has 132 valence electrons. The molecule has 0 saturated carbocycles. The van der Waals surface area contributed by atoms with Gasteiger partial charge in [-0.3, -0.25) is 0 Å². The fraction of sp³-hybridized carbons (Fsp3) is 0.0909. The maximum absolute atomic E-state index is 12.0. The summed E-state index contributed by atoms with van der Waals surface area (Å²) in [7, 11) is 0. The highest BCUT2D eigenvalue weighted by Crippen LogP contribution is 2.36. The van der Waals surface area contributed by atoms with E-state index in [-0.39, 0.29) is 5.97 Å². The Kier molecular flexibility index (Phi) is 4.82. The second-order valence-electron chi connectivity index (χ2n) is 6.11. The first-order valence-corrected chi connectivity index (χ1v) is 9.50. The van der Waals surface area contributed by atoms with Crippen molar-refractivity contribution >= 4 is 23.4 Å². The van der Waals surface area contributed by atoms with E-state index in [1.54, 1.807) is 17.8 Å². The zero-order valence-corrected chi connectivity index (χ0v) is 15.2. The molecule has 4 rings (SSSR count). The van der Waals surface area contributed by atoms with Crippen LogP contribution in [-0.2, 0) is 10.5 Å². The van der Waals surface area contributed by atoms with Gasteiger partial charge in [0.05, 0.1) is 22.9 Å². The summed E-state index contributed by atoms with van der Waals surface area (Å²) in [6.07, 6.45) is -0.481. The number of fused-ring (bicyclic) bond motifs is 1. The molecule has 0 aliphatic carbocycles. The molecule has 0 radical (unpaired) electrons. The number of nitriles is 1. The number of ether oxygens (including phenoxy) is 1. The minimum atomic E-state index is -0.481. The standard InChI is InChI=1S/C22H16N2O2S/c23-13-15-9-11-16(12-10-15)14-27-20-8-4-3-7-19(20)24-21-17-5-1-2-6-18(17)22(25)26-21/h1-12,21,24H,14H2/t21-/m0/s1. The van der Waals surface area contributed by atoms with Crippen molar-refractivity contribution in [2.45, 2.75) is 16.9 Å². The fourth-order valence-corrected chi connectivity index (χ4v) is 3.91. The molecular formula is C22H16N2O2S. The molecular weight excluding hydrogens is 356 g/mol. The first kappa shape index (κ1) is 17.2. The van der Waals surface area contributed by atoms with Gasteiger partial charge < -0.3 is 10.1 Å². The molecule has 1 aliphatic heterocycles. The summed E-state index contributed by atoms with van der Waals surface area (Å²) in [4.78, 5) is 13.1. The third kappa shape index (κ3) is 3.67. The number of para-hydroxylation sites is 1. The first-order valence-electron chi connectivity index (χ1n) is 8.52. The normalized spacial score (nSPS) is 14.9. The highest BCUT2D eigenvalue weighted by atomic mass is 32.2. The summed E-state index contributed by atoms with van der Waals surface area (Å²) < 4.78 is 5.49. The average Bonchev–Trinajstić information content (AvgIpc) is 3.03. The van der Waals surface area contributed by atoms with Gasteiger partial charge in [0.15, 0.2) is 0 Å². The first-order chi connectivity index (χ1) is 13.2. The summed E-state index contributed by atoms with van der Waals surface area (Å²) in [5.41, 5.74) is 4.19. The van der Waals surface area contributed by atoms with E-state index in [1.807, 2.05) is 66.7 Å². The molecule has 0 amide bonds. The van der Waals surface area contributed by atoms with E-state index >= 15 is 0 Å². The number of cyclic esters (lactones) is 1. The predicted octanol–water partition coefficient (Wildman–Crippen LogP) is 5.13. The van der Waals surface area contributed by atoms with Crippen LogP contribution < -0.4 is 5.32 Å². The lowest BCUT2D eigenvalue weighted by Gasteiger charge is -2.17. The quantitative estimate of drug-likeness (QED) is 0.497. The maximum Gasteiger partial charge on any atom is 0.340 e. The van der Waals surface area contributed by atoms with Crippen molar-refractivity contribution in [1.82, 2.24) is 0 Å². The van der Waals surface area contributed by atoms with E-state index in [0.717, 1.165) is 27.5 Å². The summed E-state index contributed by atoms with van der Waals surface area (Å²) in [5, 5.41) is 12.2. The van der Waals surface area contributed by atoms with E-state index in [0.29, 0.717) is 11.1 Å². The molecule has 1 atom stereocenters. The molecule has 0 spiro atoms. The largest absolute Gasteiger partial charge is 0.434 e. The van der Waals surface area contributed by atoms with E-state index in [2.05, 4.69) is 11.4 Å². The van der Waals surface area contributed by atoms with E-state index in [9.17, 15) is 4.79 Å². The summed E-state index contributed by atoms with van der Waals surface area (Å²) in [6, 6.07) is 25.1. The Morgan fingerprint density at radius 2 is 1.74 bits per heavy atom. The molecule has 27 heavy (non-hydrogen) atoms. The van der Waals surface area contributed by atoms with Gasteiger partial charge in [0.1, 0.15) is 0 Å². The van der Waals surface area contributed by atoms with Gasteiger partial charge in [-0.05, 0) is 35.9 Å². The van der Waals surface area contributed by atoms with Gasteiger partial charge in [-0.1, -0.05) is 42.5 Å². The number of carbonyl (C=O) groups excluding carboxylic acids is 1. The van der Waals surface area contributed by atoms with Crippen molar-refractivity contribution in [3.63, 3.8) is 0 Å². The average molecular weight is 372 g/mol. The van der Waals surface area contributed by atoms with Crippen LogP contribution in [0.4, 0.5) is 5.69 Å². The monoisotopic (exact) mass is 372 g/mol. The lowest BCUT2D eigenvalue weighted by atomic mass is 10.1. The van der Waals surface area contributed by atoms with Crippen LogP contribution >= 0.6 is 11.8 Å². The Morgan fingerprint density at radius 3 is 2.56 bits per heavy atom. The molecule has 1 heterocycles. The van der Waals surface area contributed by atoms with Gasteiger partial charge in [0, 0.05) is 16.2 Å². The molecule has 3 aromatic carbocycles. The Labute approximate surface area is 161 Å². The van der Waals surface area contributed by atoms with Crippen LogP contribution in [0.15, 0.2) is 77.7 Å². The van der Waals surface area contributed by atoms with E-state index in [1.165, 1.54) is 0 Å². The number of carbonyl (C=O) groups is 1. The van der Waals surface area contributed by atoms with Crippen LogP contribution in [0.2, 0.25) is 0 Å². The third-order valence-electron chi connectivity index (χ3n) is 4.34. The molecule has 0 unspecified atom stereocenters. The zero-order valence-electron chi connectivity index (χ0n) is 14.4. The van der Waals surface area contributed by atoms with Crippen LogP contribution in [0.1, 0.15) is 33.3 Å². The second kappa shape index (κ2) is 7.56. The fourth-order valence-electron chi connectivity index (χ4n) is 2.94. The van der Waals surface area contributed by atoms with Crippen LogP contribution in [0, 0.1) is 11.3 Å². The summed E-state index contributed by atoms with van der Waals surface area (Å²) in [6.45, 7) is 0. The van der Waals surface area contributed by atoms with Crippen LogP contribution in [-0.4, -0.2) is 5.97 Å². The number of hydrogen-bond donors (Lipinski definition) is 1. The maximum atomic E-state index is 12.0. The van der Waals surface area contributed by atoms with Crippen molar-refractivity contribution in [3.8, 4) is 6.07 Å². The van der Waals surface area contributed by atoms with Crippen LogP contribution in [0.25, 0.3) is 0 Å². The Balaban J connectivity index is 1.50. The lowest BCUT2D eigenvalue weighted by molar-refractivity contribution is 0.0437. The van der Waals surface area contributed by atoms with Crippen molar-refractivity contribution < 1.29 is 9.53 Å².